The highest BCUT2D eigenvalue weighted by Crippen LogP contribution is 1.92. The molecular formula is C9H16F2N2O4. The number of aliphatic carboxylic acids is 1. The lowest BCUT2D eigenvalue weighted by molar-refractivity contribution is -0.139. The monoisotopic (exact) mass is 254 g/mol. The van der Waals surface area contributed by atoms with Crippen LogP contribution >= 0.6 is 0 Å². The molecule has 1 unspecified atom stereocenters. The Morgan fingerprint density at radius 2 is 2.06 bits per heavy atom. The molecule has 3 N–H and O–H groups in total. The van der Waals surface area contributed by atoms with Gasteiger partial charge < -0.3 is 20.5 Å². The molecule has 17 heavy (non-hydrogen) atoms. The van der Waals surface area contributed by atoms with Gasteiger partial charge in [0, 0.05) is 6.54 Å². The van der Waals surface area contributed by atoms with Crippen LogP contribution in [-0.4, -0.2) is 49.3 Å². The Morgan fingerprint density at radius 3 is 2.53 bits per heavy atom. The van der Waals surface area contributed by atoms with Gasteiger partial charge in [-0.15, -0.1) is 0 Å². The molecule has 100 valence electrons. The third kappa shape index (κ3) is 8.38. The summed E-state index contributed by atoms with van der Waals surface area (Å²) in [6.07, 6.45) is -2.29. The van der Waals surface area contributed by atoms with E-state index in [-0.39, 0.29) is 19.6 Å². The third-order valence-corrected chi connectivity index (χ3v) is 1.79. The molecule has 1 atom stereocenters. The van der Waals surface area contributed by atoms with Crippen LogP contribution in [-0.2, 0) is 9.53 Å². The van der Waals surface area contributed by atoms with E-state index < -0.39 is 31.1 Å². The summed E-state index contributed by atoms with van der Waals surface area (Å²) in [5, 5.41) is 13.1. The van der Waals surface area contributed by atoms with E-state index in [0.717, 1.165) is 0 Å². The van der Waals surface area contributed by atoms with Crippen LogP contribution in [0.2, 0.25) is 0 Å². The fourth-order valence-electron chi connectivity index (χ4n) is 0.957. The van der Waals surface area contributed by atoms with Crippen LogP contribution in [0, 0.1) is 0 Å². The van der Waals surface area contributed by atoms with Crippen LogP contribution < -0.4 is 10.6 Å². The highest BCUT2D eigenvalue weighted by atomic mass is 19.3. The number of halogens is 2. The molecule has 0 spiro atoms. The van der Waals surface area contributed by atoms with E-state index in [1.54, 1.807) is 6.92 Å². The smallest absolute Gasteiger partial charge is 0.326 e. The van der Waals surface area contributed by atoms with E-state index in [9.17, 15) is 18.4 Å². The van der Waals surface area contributed by atoms with Crippen molar-refractivity contribution >= 4 is 12.0 Å². The molecular weight excluding hydrogens is 238 g/mol. The van der Waals surface area contributed by atoms with Crippen molar-refractivity contribution in [3.8, 4) is 0 Å². The molecule has 0 radical (unpaired) electrons. The molecule has 6 nitrogen and oxygen atoms in total. The molecule has 0 saturated carbocycles. The molecule has 0 bridgehead atoms. The summed E-state index contributed by atoms with van der Waals surface area (Å²) < 4.78 is 27.8. The SMILES string of the molecule is CCC(NC(=O)NCCOCC(F)F)C(=O)O. The van der Waals surface area contributed by atoms with E-state index in [0.29, 0.717) is 0 Å². The second-order valence-corrected chi connectivity index (χ2v) is 3.17. The number of rotatable bonds is 8. The highest BCUT2D eigenvalue weighted by molar-refractivity contribution is 5.82. The summed E-state index contributed by atoms with van der Waals surface area (Å²) in [5.74, 6) is -1.13. The van der Waals surface area contributed by atoms with E-state index >= 15 is 0 Å². The minimum atomic E-state index is -2.54. The van der Waals surface area contributed by atoms with Crippen LogP contribution in [0.4, 0.5) is 13.6 Å². The number of carbonyl (C=O) groups is 2. The lowest BCUT2D eigenvalue weighted by Gasteiger charge is -2.13. The van der Waals surface area contributed by atoms with E-state index in [4.69, 9.17) is 5.11 Å². The standard InChI is InChI=1S/C9H16F2N2O4/c1-2-6(8(14)15)13-9(16)12-3-4-17-5-7(10)11/h6-7H,2-5H2,1H3,(H,14,15)(H2,12,13,16). The summed E-state index contributed by atoms with van der Waals surface area (Å²) >= 11 is 0. The maximum Gasteiger partial charge on any atom is 0.326 e. The van der Waals surface area contributed by atoms with Gasteiger partial charge in [-0.2, -0.15) is 0 Å². The lowest BCUT2D eigenvalue weighted by atomic mass is 10.2. The van der Waals surface area contributed by atoms with Crippen molar-refractivity contribution in [2.75, 3.05) is 19.8 Å². The summed E-state index contributed by atoms with van der Waals surface area (Å²) in [4.78, 5) is 21.7. The molecule has 2 amide bonds. The van der Waals surface area contributed by atoms with Gasteiger partial charge in [0.25, 0.3) is 6.43 Å². The summed E-state index contributed by atoms with van der Waals surface area (Å²) in [7, 11) is 0. The fourth-order valence-corrected chi connectivity index (χ4v) is 0.957. The van der Waals surface area contributed by atoms with E-state index in [1.807, 2.05) is 0 Å². The maximum atomic E-state index is 11.6. The molecule has 0 aliphatic carbocycles. The quantitative estimate of drug-likeness (QED) is 0.548. The number of alkyl halides is 2. The van der Waals surface area contributed by atoms with Gasteiger partial charge in [-0.25, -0.2) is 18.4 Å². The Hall–Kier alpha value is -1.44. The topological polar surface area (TPSA) is 87.7 Å². The van der Waals surface area contributed by atoms with Crippen molar-refractivity contribution in [1.29, 1.82) is 0 Å². The summed E-state index contributed by atoms with van der Waals surface area (Å²) in [6.45, 7) is 0.914. The maximum absolute atomic E-state index is 11.6. The van der Waals surface area contributed by atoms with Gasteiger partial charge in [-0.05, 0) is 6.42 Å². The van der Waals surface area contributed by atoms with Crippen LogP contribution in [0.1, 0.15) is 13.3 Å². The Labute approximate surface area is 97.3 Å². The largest absolute Gasteiger partial charge is 0.480 e. The number of hydrogen-bond acceptors (Lipinski definition) is 3. The number of carboxylic acids is 1. The predicted octanol–water partition coefficient (Wildman–Crippen LogP) is 0.430. The average Bonchev–Trinajstić information content (AvgIpc) is 2.24. The fraction of sp³-hybridized carbons (Fsp3) is 0.778. The van der Waals surface area contributed by atoms with Crippen molar-refractivity contribution in [1.82, 2.24) is 10.6 Å². The van der Waals surface area contributed by atoms with Gasteiger partial charge in [0.2, 0.25) is 0 Å². The average molecular weight is 254 g/mol. The molecule has 0 aromatic heterocycles. The Morgan fingerprint density at radius 1 is 1.41 bits per heavy atom. The number of ether oxygens (including phenoxy) is 1. The van der Waals surface area contributed by atoms with Crippen molar-refractivity contribution in [2.45, 2.75) is 25.8 Å². The zero-order valence-electron chi connectivity index (χ0n) is 9.41. The molecule has 0 heterocycles. The van der Waals surface area contributed by atoms with Crippen molar-refractivity contribution in [3.05, 3.63) is 0 Å². The lowest BCUT2D eigenvalue weighted by Crippen LogP contribution is -2.46. The molecule has 0 aliphatic heterocycles. The first-order chi connectivity index (χ1) is 7.97. The van der Waals surface area contributed by atoms with Crippen LogP contribution in [0.3, 0.4) is 0 Å². The predicted molar refractivity (Wildman–Crippen MR) is 55.1 cm³/mol. The summed E-state index contributed by atoms with van der Waals surface area (Å²) in [6, 6.07) is -1.63. The molecule has 0 aliphatic rings. The first-order valence-electron chi connectivity index (χ1n) is 5.10. The number of nitrogens with one attached hydrogen (secondary N) is 2. The Bertz CT molecular complexity index is 251. The molecule has 0 aromatic rings. The third-order valence-electron chi connectivity index (χ3n) is 1.79. The first-order valence-corrected chi connectivity index (χ1v) is 5.10. The summed E-state index contributed by atoms with van der Waals surface area (Å²) in [5.41, 5.74) is 0. The normalized spacial score (nSPS) is 12.2. The Balaban J connectivity index is 3.62. The minimum absolute atomic E-state index is 0.0363. The molecule has 0 aromatic carbocycles. The highest BCUT2D eigenvalue weighted by Gasteiger charge is 2.16. The van der Waals surface area contributed by atoms with Gasteiger partial charge in [0.1, 0.15) is 12.6 Å². The second-order valence-electron chi connectivity index (χ2n) is 3.17. The molecule has 0 rings (SSSR count). The number of carboxylic acid groups (broad SMARTS) is 1. The number of carbonyl (C=O) groups excluding carboxylic acids is 1. The van der Waals surface area contributed by atoms with Gasteiger partial charge in [-0.3, -0.25) is 0 Å². The molecule has 0 saturated heterocycles. The van der Waals surface area contributed by atoms with Gasteiger partial charge in [-0.1, -0.05) is 6.92 Å². The van der Waals surface area contributed by atoms with Crippen LogP contribution in [0.5, 0.6) is 0 Å². The zero-order chi connectivity index (χ0) is 13.3. The first kappa shape index (κ1) is 15.6. The zero-order valence-corrected chi connectivity index (χ0v) is 9.41. The van der Waals surface area contributed by atoms with Gasteiger partial charge in [0.15, 0.2) is 0 Å². The minimum Gasteiger partial charge on any atom is -0.480 e. The van der Waals surface area contributed by atoms with Crippen LogP contribution in [0.25, 0.3) is 0 Å². The van der Waals surface area contributed by atoms with Gasteiger partial charge in [0.05, 0.1) is 6.61 Å². The van der Waals surface area contributed by atoms with Crippen LogP contribution in [0.15, 0.2) is 0 Å². The molecule has 8 heteroatoms. The van der Waals surface area contributed by atoms with Crippen molar-refractivity contribution in [2.24, 2.45) is 0 Å². The van der Waals surface area contributed by atoms with Crippen molar-refractivity contribution in [3.63, 3.8) is 0 Å². The van der Waals surface area contributed by atoms with Crippen molar-refractivity contribution < 1.29 is 28.2 Å². The second kappa shape index (κ2) is 8.68. The van der Waals surface area contributed by atoms with E-state index in [2.05, 4.69) is 15.4 Å². The molecule has 0 fully saturated rings. The number of hydrogen-bond donors (Lipinski definition) is 3. The number of amides is 2. The van der Waals surface area contributed by atoms with E-state index in [1.165, 1.54) is 0 Å². The van der Waals surface area contributed by atoms with Gasteiger partial charge >= 0.3 is 12.0 Å². The Kier molecular flexibility index (Phi) is 7.95. The number of urea groups is 1.